The maximum absolute atomic E-state index is 6.11. The van der Waals surface area contributed by atoms with Gasteiger partial charge in [-0.2, -0.15) is 0 Å². The van der Waals surface area contributed by atoms with E-state index >= 15 is 0 Å². The third kappa shape index (κ3) is 2.34. The van der Waals surface area contributed by atoms with E-state index in [1.807, 2.05) is 18.2 Å². The van der Waals surface area contributed by atoms with Crippen LogP contribution in [0.5, 0.6) is 0 Å². The van der Waals surface area contributed by atoms with Crippen LogP contribution in [-0.4, -0.2) is 21.1 Å². The molecule has 0 saturated carbocycles. The van der Waals surface area contributed by atoms with E-state index in [0.29, 0.717) is 12.4 Å². The van der Waals surface area contributed by atoms with Gasteiger partial charge in [0, 0.05) is 24.9 Å². The van der Waals surface area contributed by atoms with E-state index in [-0.39, 0.29) is 0 Å². The summed E-state index contributed by atoms with van der Waals surface area (Å²) >= 11 is 0. The smallest absolute Gasteiger partial charge is 0.152 e. The minimum atomic E-state index is 0.497. The first-order chi connectivity index (χ1) is 10.3. The molecule has 0 aliphatic rings. The summed E-state index contributed by atoms with van der Waals surface area (Å²) < 4.78 is 2.21. The number of imidazole rings is 1. The van der Waals surface area contributed by atoms with Crippen LogP contribution in [0, 0.1) is 0 Å². The fraction of sp³-hybridized carbons (Fsp3) is 0.375. The van der Waals surface area contributed by atoms with Gasteiger partial charge in [0.1, 0.15) is 11.3 Å². The molecule has 21 heavy (non-hydrogen) atoms. The Hall–Kier alpha value is -2.14. The molecule has 0 aliphatic carbocycles. The Kier molecular flexibility index (Phi) is 3.75. The molecule has 0 atom stereocenters. The molecule has 1 aromatic carbocycles. The zero-order valence-corrected chi connectivity index (χ0v) is 12.3. The molecular weight excluding hydrogens is 262 g/mol. The van der Waals surface area contributed by atoms with E-state index in [9.17, 15) is 0 Å². The molecule has 0 amide bonds. The van der Waals surface area contributed by atoms with Gasteiger partial charge >= 0.3 is 0 Å². The largest absolute Gasteiger partial charge is 0.382 e. The second-order valence-electron chi connectivity index (χ2n) is 5.28. The summed E-state index contributed by atoms with van der Waals surface area (Å²) in [6.07, 6.45) is 3.19. The van der Waals surface area contributed by atoms with Crippen molar-refractivity contribution in [2.45, 2.75) is 32.7 Å². The highest BCUT2D eigenvalue weighted by atomic mass is 15.1. The number of aromatic nitrogens is 3. The van der Waals surface area contributed by atoms with Crippen molar-refractivity contribution < 1.29 is 0 Å². The van der Waals surface area contributed by atoms with E-state index in [1.54, 1.807) is 0 Å². The van der Waals surface area contributed by atoms with Gasteiger partial charge in [-0.1, -0.05) is 31.5 Å². The van der Waals surface area contributed by atoms with Crippen LogP contribution < -0.4 is 11.5 Å². The van der Waals surface area contributed by atoms with Crippen molar-refractivity contribution in [3.63, 3.8) is 0 Å². The van der Waals surface area contributed by atoms with E-state index < -0.39 is 0 Å². The molecule has 5 heteroatoms. The summed E-state index contributed by atoms with van der Waals surface area (Å²) in [7, 11) is 0. The minimum absolute atomic E-state index is 0.497. The maximum atomic E-state index is 6.11. The molecule has 3 aromatic rings. The number of hydrogen-bond donors (Lipinski definition) is 2. The lowest BCUT2D eigenvalue weighted by molar-refractivity contribution is 0.652. The van der Waals surface area contributed by atoms with Crippen molar-refractivity contribution in [2.75, 3.05) is 12.3 Å². The monoisotopic (exact) mass is 283 g/mol. The second-order valence-corrected chi connectivity index (χ2v) is 5.28. The highest BCUT2D eigenvalue weighted by Crippen LogP contribution is 2.29. The molecule has 4 N–H and O–H groups in total. The maximum Gasteiger partial charge on any atom is 0.152 e. The molecule has 0 unspecified atom stereocenters. The second kappa shape index (κ2) is 5.69. The van der Waals surface area contributed by atoms with Crippen LogP contribution in [0.4, 0.5) is 5.82 Å². The van der Waals surface area contributed by atoms with Gasteiger partial charge < -0.3 is 16.0 Å². The van der Waals surface area contributed by atoms with E-state index in [2.05, 4.69) is 22.5 Å². The summed E-state index contributed by atoms with van der Waals surface area (Å²) in [4.78, 5) is 9.21. The Labute approximate surface area is 124 Å². The first-order valence-corrected chi connectivity index (χ1v) is 7.49. The zero-order valence-electron chi connectivity index (χ0n) is 12.3. The minimum Gasteiger partial charge on any atom is -0.382 e. The number of hydrogen-bond acceptors (Lipinski definition) is 4. The van der Waals surface area contributed by atoms with Crippen molar-refractivity contribution in [3.05, 3.63) is 30.1 Å². The molecule has 0 radical (unpaired) electrons. The number of benzene rings is 1. The summed E-state index contributed by atoms with van der Waals surface area (Å²) in [5.74, 6) is 1.55. The van der Waals surface area contributed by atoms with Crippen LogP contribution >= 0.6 is 0 Å². The number of nitrogens with two attached hydrogens (primary N) is 2. The lowest BCUT2D eigenvalue weighted by atomic mass is 10.2. The highest BCUT2D eigenvalue weighted by molar-refractivity contribution is 6.06. The number of para-hydroxylation sites is 1. The fourth-order valence-corrected chi connectivity index (χ4v) is 2.80. The number of pyridine rings is 1. The van der Waals surface area contributed by atoms with Crippen molar-refractivity contribution in [1.29, 1.82) is 0 Å². The van der Waals surface area contributed by atoms with Crippen LogP contribution in [0.3, 0.4) is 0 Å². The molecule has 0 saturated heterocycles. The third-order valence-electron chi connectivity index (χ3n) is 3.80. The third-order valence-corrected chi connectivity index (χ3v) is 3.80. The molecular formula is C16H21N5. The molecule has 2 aromatic heterocycles. The van der Waals surface area contributed by atoms with Crippen molar-refractivity contribution >= 4 is 27.8 Å². The van der Waals surface area contributed by atoms with Gasteiger partial charge in [0.2, 0.25) is 0 Å². The van der Waals surface area contributed by atoms with Gasteiger partial charge in [-0.15, -0.1) is 0 Å². The zero-order chi connectivity index (χ0) is 14.8. The quantitative estimate of drug-likeness (QED) is 0.753. The van der Waals surface area contributed by atoms with Gasteiger partial charge in [0.25, 0.3) is 0 Å². The van der Waals surface area contributed by atoms with Gasteiger partial charge in [0.05, 0.1) is 11.0 Å². The van der Waals surface area contributed by atoms with Crippen LogP contribution in [-0.2, 0) is 13.0 Å². The molecule has 5 nitrogen and oxygen atoms in total. The van der Waals surface area contributed by atoms with Crippen LogP contribution in [0.15, 0.2) is 24.3 Å². The molecule has 0 fully saturated rings. The lowest BCUT2D eigenvalue weighted by Gasteiger charge is -2.09. The Bertz CT molecular complexity index is 775. The molecule has 0 spiro atoms. The van der Waals surface area contributed by atoms with E-state index in [1.165, 1.54) is 0 Å². The van der Waals surface area contributed by atoms with Gasteiger partial charge in [-0.3, -0.25) is 0 Å². The van der Waals surface area contributed by atoms with Gasteiger partial charge in [-0.25, -0.2) is 9.97 Å². The average Bonchev–Trinajstić information content (AvgIpc) is 2.85. The van der Waals surface area contributed by atoms with Gasteiger partial charge in [0.15, 0.2) is 5.82 Å². The number of unbranched alkanes of at least 4 members (excludes halogenated alkanes) is 1. The Morgan fingerprint density at radius 1 is 1.19 bits per heavy atom. The number of aryl methyl sites for hydroxylation is 1. The number of nitrogen functional groups attached to an aromatic ring is 1. The average molecular weight is 283 g/mol. The first kappa shape index (κ1) is 13.8. The lowest BCUT2D eigenvalue weighted by Crippen LogP contribution is -2.13. The molecule has 3 rings (SSSR count). The predicted molar refractivity (Wildman–Crippen MR) is 87.1 cm³/mol. The summed E-state index contributed by atoms with van der Waals surface area (Å²) in [5.41, 5.74) is 14.7. The van der Waals surface area contributed by atoms with Crippen LogP contribution in [0.2, 0.25) is 0 Å². The van der Waals surface area contributed by atoms with Crippen LogP contribution in [0.25, 0.3) is 21.9 Å². The predicted octanol–water partition coefficient (Wildman–Crippen LogP) is 2.47. The Morgan fingerprint density at radius 3 is 2.76 bits per heavy atom. The van der Waals surface area contributed by atoms with Crippen LogP contribution in [0.1, 0.15) is 25.6 Å². The Morgan fingerprint density at radius 2 is 2.00 bits per heavy atom. The molecule has 2 heterocycles. The standard InChI is InChI=1S/C16H21N5/c1-2-3-8-13-20-14-15(21(13)10-9-17)11-6-4-5-7-12(11)19-16(14)18/h4-7H,2-3,8-10,17H2,1H3,(H2,18,19). The SMILES string of the molecule is CCCCc1nc2c(N)nc3ccccc3c2n1CCN. The van der Waals surface area contributed by atoms with E-state index in [4.69, 9.17) is 16.5 Å². The normalized spacial score (nSPS) is 11.5. The highest BCUT2D eigenvalue weighted by Gasteiger charge is 2.16. The fourth-order valence-electron chi connectivity index (χ4n) is 2.80. The number of nitrogens with zero attached hydrogens (tertiary/aromatic N) is 3. The van der Waals surface area contributed by atoms with Crippen molar-refractivity contribution in [3.8, 4) is 0 Å². The number of rotatable bonds is 5. The van der Waals surface area contributed by atoms with Gasteiger partial charge in [-0.05, 0) is 12.5 Å². The van der Waals surface area contributed by atoms with E-state index in [0.717, 1.165) is 53.6 Å². The molecule has 0 bridgehead atoms. The Balaban J connectivity index is 2.32. The first-order valence-electron chi connectivity index (χ1n) is 7.49. The van der Waals surface area contributed by atoms with Crippen molar-refractivity contribution in [2.24, 2.45) is 5.73 Å². The number of fused-ring (bicyclic) bond motifs is 3. The van der Waals surface area contributed by atoms with Crippen molar-refractivity contribution in [1.82, 2.24) is 14.5 Å². The molecule has 0 aliphatic heterocycles. The number of anilines is 1. The summed E-state index contributed by atoms with van der Waals surface area (Å²) in [6, 6.07) is 8.05. The topological polar surface area (TPSA) is 82.8 Å². The summed E-state index contributed by atoms with van der Waals surface area (Å²) in [6.45, 7) is 3.52. The summed E-state index contributed by atoms with van der Waals surface area (Å²) in [5, 5.41) is 1.09. The molecule has 110 valence electrons.